The van der Waals surface area contributed by atoms with Crippen LogP contribution in [0.5, 0.6) is 0 Å². The number of hydrogen-bond donors (Lipinski definition) is 8. The van der Waals surface area contributed by atoms with Crippen LogP contribution in [0.1, 0.15) is 110 Å². The van der Waals surface area contributed by atoms with Gasteiger partial charge in [0.05, 0.1) is 12.4 Å². The van der Waals surface area contributed by atoms with Crippen LogP contribution in [-0.4, -0.2) is 95.1 Å². The molecule has 3 heterocycles. The Kier molecular flexibility index (Phi) is 14.8. The van der Waals surface area contributed by atoms with E-state index in [9.17, 15) is 24.6 Å². The van der Waals surface area contributed by atoms with Crippen LogP contribution in [-0.2, 0) is 14.3 Å². The van der Waals surface area contributed by atoms with Crippen molar-refractivity contribution in [2.75, 3.05) is 32.8 Å². The molecule has 2 saturated heterocycles. The molecule has 14 heteroatoms. The van der Waals surface area contributed by atoms with Crippen molar-refractivity contribution in [3.8, 4) is 0 Å². The second kappa shape index (κ2) is 18.3. The number of rotatable bonds is 21. The van der Waals surface area contributed by atoms with Gasteiger partial charge in [-0.2, -0.15) is 0 Å². The predicted molar refractivity (Wildman–Crippen MR) is 176 cm³/mol. The second-order valence-corrected chi connectivity index (χ2v) is 13.4. The SMILES string of the molecule is CC(C)CCCCCCNC(=O)CCCCC(=O)NCCCCCCNC(=O)OCC1CC(=N)N2CCC(O)(O)[C@@]23NC(N)=N[C@@H]13. The lowest BCUT2D eigenvalue weighted by Crippen LogP contribution is -2.75. The predicted octanol–water partition coefficient (Wildman–Crippen LogP) is 2.04. The maximum absolute atomic E-state index is 12.3. The summed E-state index contributed by atoms with van der Waals surface area (Å²) in [5, 5.41) is 41.4. The van der Waals surface area contributed by atoms with Gasteiger partial charge in [-0.05, 0) is 38.0 Å². The van der Waals surface area contributed by atoms with Crippen LogP contribution in [0, 0.1) is 17.2 Å². The molecule has 0 aromatic heterocycles. The van der Waals surface area contributed by atoms with E-state index in [0.29, 0.717) is 45.3 Å². The van der Waals surface area contributed by atoms with Crippen molar-refractivity contribution in [1.29, 1.82) is 5.41 Å². The first-order chi connectivity index (χ1) is 22.0. The van der Waals surface area contributed by atoms with Crippen LogP contribution in [0.3, 0.4) is 0 Å². The summed E-state index contributed by atoms with van der Waals surface area (Å²) in [6, 6.07) is -0.678. The van der Waals surface area contributed by atoms with E-state index in [2.05, 4.69) is 40.1 Å². The van der Waals surface area contributed by atoms with Gasteiger partial charge in [0.2, 0.25) is 17.6 Å². The summed E-state index contributed by atoms with van der Waals surface area (Å²) < 4.78 is 5.41. The van der Waals surface area contributed by atoms with E-state index in [1.165, 1.54) is 19.3 Å². The Labute approximate surface area is 273 Å². The molecule has 0 radical (unpaired) electrons. The first kappa shape index (κ1) is 37.3. The molecule has 0 aliphatic carbocycles. The van der Waals surface area contributed by atoms with Gasteiger partial charge in [0.1, 0.15) is 6.04 Å². The Morgan fingerprint density at radius 2 is 1.52 bits per heavy atom. The molecule has 1 spiro atoms. The lowest BCUT2D eigenvalue weighted by Gasteiger charge is -2.50. The number of amides is 3. The van der Waals surface area contributed by atoms with Crippen molar-refractivity contribution in [3.05, 3.63) is 0 Å². The van der Waals surface area contributed by atoms with Gasteiger partial charge < -0.3 is 46.9 Å². The molecule has 14 nitrogen and oxygen atoms in total. The van der Waals surface area contributed by atoms with Crippen LogP contribution in [0.25, 0.3) is 0 Å². The largest absolute Gasteiger partial charge is 0.449 e. The number of hydrogen-bond acceptors (Lipinski definition) is 10. The number of nitrogens with zero attached hydrogens (tertiary/aromatic N) is 2. The maximum Gasteiger partial charge on any atom is 0.407 e. The second-order valence-electron chi connectivity index (χ2n) is 13.4. The van der Waals surface area contributed by atoms with E-state index in [1.54, 1.807) is 4.90 Å². The molecule has 0 saturated carbocycles. The Balaban J connectivity index is 1.15. The third-order valence-electron chi connectivity index (χ3n) is 9.18. The topological polar surface area (TPSA) is 214 Å². The van der Waals surface area contributed by atoms with Gasteiger partial charge in [-0.25, -0.2) is 9.79 Å². The Bertz CT molecular complexity index is 1050. The summed E-state index contributed by atoms with van der Waals surface area (Å²) in [6.07, 6.45) is 11.4. The van der Waals surface area contributed by atoms with Crippen molar-refractivity contribution in [2.45, 2.75) is 128 Å². The van der Waals surface area contributed by atoms with Crippen molar-refractivity contribution in [2.24, 2.45) is 22.6 Å². The van der Waals surface area contributed by atoms with Crippen LogP contribution in [0.15, 0.2) is 4.99 Å². The van der Waals surface area contributed by atoms with E-state index in [-0.39, 0.29) is 43.1 Å². The number of guanidine groups is 1. The van der Waals surface area contributed by atoms with E-state index >= 15 is 0 Å². The molecule has 3 atom stereocenters. The number of amidine groups is 1. The van der Waals surface area contributed by atoms with Gasteiger partial charge in [-0.15, -0.1) is 0 Å². The molecule has 2 fully saturated rings. The molecule has 3 aliphatic rings. The van der Waals surface area contributed by atoms with Crippen LogP contribution >= 0.6 is 0 Å². The quantitative estimate of drug-likeness (QED) is 0.0673. The first-order valence-electron chi connectivity index (χ1n) is 17.3. The molecular weight excluding hydrogens is 592 g/mol. The highest BCUT2D eigenvalue weighted by molar-refractivity contribution is 5.88. The molecule has 3 amide bonds. The van der Waals surface area contributed by atoms with Gasteiger partial charge in [0.15, 0.2) is 11.6 Å². The first-order valence-corrected chi connectivity index (χ1v) is 17.3. The van der Waals surface area contributed by atoms with Crippen molar-refractivity contribution in [1.82, 2.24) is 26.2 Å². The maximum atomic E-state index is 12.3. The fourth-order valence-electron chi connectivity index (χ4n) is 6.64. The summed E-state index contributed by atoms with van der Waals surface area (Å²) in [6.45, 7) is 6.53. The number of carbonyl (C=O) groups is 3. The number of nitrogens with one attached hydrogen (secondary N) is 5. The lowest BCUT2D eigenvalue weighted by atomic mass is 9.79. The van der Waals surface area contributed by atoms with Gasteiger partial charge >= 0.3 is 6.09 Å². The summed E-state index contributed by atoms with van der Waals surface area (Å²) >= 11 is 0. The average Bonchev–Trinajstić information content (AvgIpc) is 3.50. The van der Waals surface area contributed by atoms with Crippen molar-refractivity contribution < 1.29 is 29.3 Å². The summed E-state index contributed by atoms with van der Waals surface area (Å²) in [4.78, 5) is 42.3. The summed E-state index contributed by atoms with van der Waals surface area (Å²) in [5.41, 5.74) is 4.47. The number of aliphatic imine (C=N–C) groups is 1. The van der Waals surface area contributed by atoms with Crippen LogP contribution in [0.4, 0.5) is 4.79 Å². The number of piperidine rings is 1. The third-order valence-corrected chi connectivity index (χ3v) is 9.18. The van der Waals surface area contributed by atoms with Gasteiger partial charge in [0, 0.05) is 57.8 Å². The molecule has 0 bridgehead atoms. The van der Waals surface area contributed by atoms with E-state index in [0.717, 1.165) is 51.0 Å². The molecule has 3 rings (SSSR count). The minimum absolute atomic E-state index is 0.0105. The fourth-order valence-corrected chi connectivity index (χ4v) is 6.64. The highest BCUT2D eigenvalue weighted by Gasteiger charge is 2.69. The Hall–Kier alpha value is -3.13. The standard InChI is InChI=1S/C32H58N8O6/c1-23(2)13-7-3-4-10-17-35-26(41)14-8-9-15-27(42)36-18-11-5-6-12-19-37-30(43)46-22-24-21-25(33)40-20-16-31(44,45)32(40)28(24)38-29(34)39-32/h23-24,28,33,44-45H,3-22H2,1-2H3,(H,35,41)(H,36,42)(H,37,43)(H3,34,38,39)/t24?,28-,32-/m0/s1. The number of nitrogens with two attached hydrogens (primary N) is 1. The molecule has 1 unspecified atom stereocenters. The number of aliphatic hydroxyl groups is 2. The van der Waals surface area contributed by atoms with Crippen LogP contribution < -0.4 is 27.0 Å². The highest BCUT2D eigenvalue weighted by Crippen LogP contribution is 2.47. The molecule has 0 aromatic rings. The highest BCUT2D eigenvalue weighted by atomic mass is 16.5. The average molecular weight is 651 g/mol. The summed E-state index contributed by atoms with van der Waals surface area (Å²) in [5.74, 6) is -1.45. The van der Waals surface area contributed by atoms with Gasteiger partial charge in [-0.3, -0.25) is 15.0 Å². The van der Waals surface area contributed by atoms with E-state index in [4.69, 9.17) is 15.9 Å². The third kappa shape index (κ3) is 10.7. The number of ether oxygens (including phenoxy) is 1. The molecular formula is C32H58N8O6. The molecule has 3 aliphatic heterocycles. The number of alkyl carbamates (subject to hydrolysis) is 1. The lowest BCUT2D eigenvalue weighted by molar-refractivity contribution is -0.225. The molecule has 0 aromatic carbocycles. The van der Waals surface area contributed by atoms with Crippen molar-refractivity contribution >= 4 is 29.7 Å². The Morgan fingerprint density at radius 1 is 0.957 bits per heavy atom. The Morgan fingerprint density at radius 3 is 2.11 bits per heavy atom. The van der Waals surface area contributed by atoms with E-state index < -0.39 is 29.5 Å². The monoisotopic (exact) mass is 650 g/mol. The van der Waals surface area contributed by atoms with Gasteiger partial charge in [-0.1, -0.05) is 52.4 Å². The number of unbranched alkanes of at least 4 members (excludes halogenated alkanes) is 7. The zero-order valence-electron chi connectivity index (χ0n) is 27.9. The summed E-state index contributed by atoms with van der Waals surface area (Å²) in [7, 11) is 0. The molecule has 46 heavy (non-hydrogen) atoms. The van der Waals surface area contributed by atoms with Crippen LogP contribution in [0.2, 0.25) is 0 Å². The zero-order chi connectivity index (χ0) is 33.6. The minimum Gasteiger partial charge on any atom is -0.449 e. The van der Waals surface area contributed by atoms with E-state index in [1.807, 2.05) is 0 Å². The normalized spacial score (nSPS) is 22.9. The fraction of sp³-hybridized carbons (Fsp3) is 0.844. The zero-order valence-corrected chi connectivity index (χ0v) is 27.9. The van der Waals surface area contributed by atoms with Crippen molar-refractivity contribution in [3.63, 3.8) is 0 Å². The van der Waals surface area contributed by atoms with Gasteiger partial charge in [0.25, 0.3) is 0 Å². The molecule has 9 N–H and O–H groups in total. The number of carbonyl (C=O) groups excluding carboxylic acids is 3. The smallest absolute Gasteiger partial charge is 0.407 e. The minimum atomic E-state index is -2.14. The molecule has 262 valence electrons.